The van der Waals surface area contributed by atoms with Gasteiger partial charge in [-0.15, -0.1) is 0 Å². The summed E-state index contributed by atoms with van der Waals surface area (Å²) in [6.45, 7) is 2.39. The van der Waals surface area contributed by atoms with Gasteiger partial charge in [-0.25, -0.2) is 0 Å². The maximum Gasteiger partial charge on any atom is 0.213 e. The van der Waals surface area contributed by atoms with Gasteiger partial charge in [-0.3, -0.25) is 4.99 Å². The fourth-order valence-electron chi connectivity index (χ4n) is 1.24. The van der Waals surface area contributed by atoms with Gasteiger partial charge in [-0.05, 0) is 12.8 Å². The maximum atomic E-state index is 4.62. The average Bonchev–Trinajstić information content (AvgIpc) is 2.58. The smallest absolute Gasteiger partial charge is 0.213 e. The quantitative estimate of drug-likeness (QED) is 0.689. The van der Waals surface area contributed by atoms with Crippen molar-refractivity contribution in [2.24, 2.45) is 4.99 Å². The van der Waals surface area contributed by atoms with E-state index in [0.29, 0.717) is 12.4 Å². The van der Waals surface area contributed by atoms with Crippen molar-refractivity contribution in [3.05, 3.63) is 12.2 Å². The van der Waals surface area contributed by atoms with Crippen molar-refractivity contribution in [1.29, 1.82) is 0 Å². The van der Waals surface area contributed by atoms with Crippen LogP contribution in [-0.4, -0.2) is 29.2 Å². The van der Waals surface area contributed by atoms with Crippen LogP contribution in [0.15, 0.2) is 15.9 Å². The molecule has 0 aliphatic carbocycles. The van der Waals surface area contributed by atoms with E-state index in [0.717, 1.165) is 31.9 Å². The Balaban J connectivity index is 1.82. The first-order valence-corrected chi connectivity index (χ1v) is 4.72. The Kier molecular flexibility index (Phi) is 2.95. The lowest BCUT2D eigenvalue weighted by Gasteiger charge is -2.07. The summed E-state index contributed by atoms with van der Waals surface area (Å²) in [5.41, 5.74) is 0. The van der Waals surface area contributed by atoms with E-state index in [-0.39, 0.29) is 0 Å². The van der Waals surface area contributed by atoms with Gasteiger partial charge < -0.3 is 15.2 Å². The van der Waals surface area contributed by atoms with E-state index in [4.69, 9.17) is 0 Å². The van der Waals surface area contributed by atoms with Gasteiger partial charge in [0.25, 0.3) is 0 Å². The van der Waals surface area contributed by atoms with Crippen LogP contribution in [0.2, 0.25) is 0 Å². The van der Waals surface area contributed by atoms with Gasteiger partial charge in [0.05, 0.1) is 6.54 Å². The lowest BCUT2D eigenvalue weighted by Crippen LogP contribution is -2.36. The van der Waals surface area contributed by atoms with Crippen molar-refractivity contribution in [2.45, 2.75) is 19.4 Å². The molecular weight excluding hydrogens is 182 g/mol. The molecule has 6 heteroatoms. The largest absolute Gasteiger partial charge is 0.356 e. The molecular formula is C8H13N5O. The van der Waals surface area contributed by atoms with E-state index in [1.165, 1.54) is 6.39 Å². The standard InChI is InChI=1S/C8H13N5O/c1-2-4-10-8(9-3-1)11-5-7-12-6-14-13-7/h6H,1-5H2,(H2,9,10,11). The van der Waals surface area contributed by atoms with Gasteiger partial charge in [0.2, 0.25) is 6.39 Å². The molecule has 0 unspecified atom stereocenters. The van der Waals surface area contributed by atoms with Crippen molar-refractivity contribution in [1.82, 2.24) is 20.8 Å². The van der Waals surface area contributed by atoms with Crippen LogP contribution in [0.4, 0.5) is 0 Å². The molecule has 0 atom stereocenters. The zero-order valence-corrected chi connectivity index (χ0v) is 7.86. The summed E-state index contributed by atoms with van der Waals surface area (Å²) in [4.78, 5) is 8.23. The molecule has 0 bridgehead atoms. The van der Waals surface area contributed by atoms with Crippen LogP contribution >= 0.6 is 0 Å². The monoisotopic (exact) mass is 195 g/mol. The first-order chi connectivity index (χ1) is 6.95. The Morgan fingerprint density at radius 2 is 2.50 bits per heavy atom. The molecule has 1 aliphatic heterocycles. The minimum atomic E-state index is 0.544. The van der Waals surface area contributed by atoms with Crippen LogP contribution < -0.4 is 10.6 Å². The SMILES string of the molecule is c1nc(CNC2=NCCCCN2)no1. The summed E-state index contributed by atoms with van der Waals surface area (Å²) < 4.78 is 4.62. The molecule has 0 saturated carbocycles. The highest BCUT2D eigenvalue weighted by Crippen LogP contribution is 1.93. The molecule has 1 aromatic heterocycles. The normalized spacial score (nSPS) is 16.7. The number of hydrogen-bond acceptors (Lipinski definition) is 6. The first-order valence-electron chi connectivity index (χ1n) is 4.72. The van der Waals surface area contributed by atoms with Gasteiger partial charge >= 0.3 is 0 Å². The maximum absolute atomic E-state index is 4.62. The molecule has 6 nitrogen and oxygen atoms in total. The molecule has 1 aliphatic rings. The summed E-state index contributed by atoms with van der Waals surface area (Å²) in [6, 6.07) is 0. The third-order valence-corrected chi connectivity index (χ3v) is 1.97. The van der Waals surface area contributed by atoms with Crippen molar-refractivity contribution < 1.29 is 4.52 Å². The van der Waals surface area contributed by atoms with Crippen LogP contribution in [-0.2, 0) is 6.54 Å². The summed E-state index contributed by atoms with van der Waals surface area (Å²) in [5.74, 6) is 1.46. The zero-order valence-electron chi connectivity index (χ0n) is 7.86. The molecule has 0 aromatic carbocycles. The summed E-state index contributed by atoms with van der Waals surface area (Å²) in [6.07, 6.45) is 3.62. The number of aliphatic imine (C=N–C) groups is 1. The average molecular weight is 195 g/mol. The molecule has 0 saturated heterocycles. The van der Waals surface area contributed by atoms with Crippen molar-refractivity contribution in [2.75, 3.05) is 13.1 Å². The number of aromatic nitrogens is 2. The molecule has 0 spiro atoms. The predicted molar refractivity (Wildman–Crippen MR) is 50.7 cm³/mol. The number of nitrogens with one attached hydrogen (secondary N) is 2. The first kappa shape index (κ1) is 8.98. The molecule has 2 rings (SSSR count). The summed E-state index contributed by atoms with van der Waals surface area (Å²) >= 11 is 0. The van der Waals surface area contributed by atoms with E-state index >= 15 is 0 Å². The Labute approximate surface area is 81.8 Å². The fraction of sp³-hybridized carbons (Fsp3) is 0.625. The molecule has 14 heavy (non-hydrogen) atoms. The van der Waals surface area contributed by atoms with Crippen LogP contribution in [0.3, 0.4) is 0 Å². The molecule has 2 heterocycles. The van der Waals surface area contributed by atoms with E-state index < -0.39 is 0 Å². The highest BCUT2D eigenvalue weighted by Gasteiger charge is 2.03. The Hall–Kier alpha value is -1.59. The van der Waals surface area contributed by atoms with Crippen molar-refractivity contribution >= 4 is 5.96 Å². The zero-order chi connectivity index (χ0) is 9.64. The van der Waals surface area contributed by atoms with Crippen LogP contribution in [0, 0.1) is 0 Å². The summed E-state index contributed by atoms with van der Waals surface area (Å²) in [7, 11) is 0. The molecule has 0 amide bonds. The van der Waals surface area contributed by atoms with Crippen LogP contribution in [0.1, 0.15) is 18.7 Å². The number of guanidine groups is 1. The third-order valence-electron chi connectivity index (χ3n) is 1.97. The lowest BCUT2D eigenvalue weighted by atomic mass is 10.3. The Morgan fingerprint density at radius 3 is 3.36 bits per heavy atom. The minimum Gasteiger partial charge on any atom is -0.356 e. The van der Waals surface area contributed by atoms with Gasteiger partial charge in [0.1, 0.15) is 0 Å². The number of nitrogens with zero attached hydrogens (tertiary/aromatic N) is 3. The predicted octanol–water partition coefficient (Wildman–Crippen LogP) is -0.101. The van der Waals surface area contributed by atoms with Crippen LogP contribution in [0.5, 0.6) is 0 Å². The van der Waals surface area contributed by atoms with Gasteiger partial charge in [-0.2, -0.15) is 4.98 Å². The second-order valence-electron chi connectivity index (χ2n) is 3.07. The lowest BCUT2D eigenvalue weighted by molar-refractivity contribution is 0.409. The topological polar surface area (TPSA) is 75.3 Å². The molecule has 76 valence electrons. The molecule has 0 fully saturated rings. The molecule has 1 aromatic rings. The summed E-state index contributed by atoms with van der Waals surface area (Å²) in [5, 5.41) is 10.0. The van der Waals surface area contributed by atoms with Gasteiger partial charge in [0.15, 0.2) is 11.8 Å². The van der Waals surface area contributed by atoms with E-state index in [9.17, 15) is 0 Å². The van der Waals surface area contributed by atoms with Crippen LogP contribution in [0.25, 0.3) is 0 Å². The van der Waals surface area contributed by atoms with Gasteiger partial charge in [0, 0.05) is 13.1 Å². The van der Waals surface area contributed by atoms with E-state index in [2.05, 4.69) is 30.3 Å². The highest BCUT2D eigenvalue weighted by molar-refractivity contribution is 5.79. The number of rotatable bonds is 2. The molecule has 2 N–H and O–H groups in total. The van der Waals surface area contributed by atoms with Crippen molar-refractivity contribution in [3.8, 4) is 0 Å². The Bertz CT molecular complexity index is 295. The Morgan fingerprint density at radius 1 is 1.50 bits per heavy atom. The van der Waals surface area contributed by atoms with Crippen molar-refractivity contribution in [3.63, 3.8) is 0 Å². The highest BCUT2D eigenvalue weighted by atomic mass is 16.5. The third kappa shape index (κ3) is 2.45. The molecule has 0 radical (unpaired) electrons. The minimum absolute atomic E-state index is 0.544. The van der Waals surface area contributed by atoms with Gasteiger partial charge in [-0.1, -0.05) is 5.16 Å². The second kappa shape index (κ2) is 4.59. The second-order valence-corrected chi connectivity index (χ2v) is 3.07. The van der Waals surface area contributed by atoms with E-state index in [1.54, 1.807) is 0 Å². The fourth-order valence-corrected chi connectivity index (χ4v) is 1.24. The number of hydrogen-bond donors (Lipinski definition) is 2. The van der Waals surface area contributed by atoms with E-state index in [1.807, 2.05) is 0 Å².